The number of nitrogens with two attached hydrogens (primary N) is 1. The van der Waals surface area contributed by atoms with Gasteiger partial charge >= 0.3 is 0 Å². The second-order valence-electron chi connectivity index (χ2n) is 5.15. The number of ether oxygens (including phenoxy) is 2. The molecule has 1 rings (SSSR count). The fraction of sp³-hybridized carbons (Fsp3) is 0.600. The molecule has 1 aromatic carbocycles. The van der Waals surface area contributed by atoms with Gasteiger partial charge in [-0.05, 0) is 44.5 Å². The van der Waals surface area contributed by atoms with Gasteiger partial charge in [0.15, 0.2) is 0 Å². The summed E-state index contributed by atoms with van der Waals surface area (Å²) in [6, 6.07) is 7.52. The molecule has 2 unspecified atom stereocenters. The normalized spacial score (nSPS) is 15.6. The monoisotopic (exact) mass is 267 g/mol. The summed E-state index contributed by atoms with van der Waals surface area (Å²) in [6.07, 6.45) is 1.39. The zero-order chi connectivity index (χ0) is 14.3. The van der Waals surface area contributed by atoms with Crippen molar-refractivity contribution in [2.75, 3.05) is 13.2 Å². The van der Waals surface area contributed by atoms with Crippen LogP contribution >= 0.6 is 0 Å². The van der Waals surface area contributed by atoms with Crippen molar-refractivity contribution < 1.29 is 14.6 Å². The molecule has 0 fully saturated rings. The van der Waals surface area contributed by atoms with Gasteiger partial charge < -0.3 is 20.3 Å². The summed E-state index contributed by atoms with van der Waals surface area (Å²) < 4.78 is 11.2. The zero-order valence-electron chi connectivity index (χ0n) is 12.1. The Kier molecular flexibility index (Phi) is 6.12. The molecule has 4 nitrogen and oxygen atoms in total. The maximum atomic E-state index is 9.89. The summed E-state index contributed by atoms with van der Waals surface area (Å²) in [7, 11) is 0. The first kappa shape index (κ1) is 15.8. The Hall–Kier alpha value is -1.26. The number of aliphatic hydroxyl groups is 1. The fourth-order valence-electron chi connectivity index (χ4n) is 1.81. The van der Waals surface area contributed by atoms with Crippen LogP contribution in [0.2, 0.25) is 0 Å². The van der Waals surface area contributed by atoms with E-state index in [0.717, 1.165) is 24.5 Å². The highest BCUT2D eigenvalue weighted by molar-refractivity contribution is 5.31. The molecule has 19 heavy (non-hydrogen) atoms. The predicted octanol–water partition coefficient (Wildman–Crippen LogP) is 2.34. The van der Waals surface area contributed by atoms with Gasteiger partial charge in [0.2, 0.25) is 0 Å². The van der Waals surface area contributed by atoms with Crippen molar-refractivity contribution in [2.45, 2.75) is 45.3 Å². The quantitative estimate of drug-likeness (QED) is 0.759. The molecule has 0 spiro atoms. The van der Waals surface area contributed by atoms with E-state index in [0.29, 0.717) is 6.42 Å². The predicted molar refractivity (Wildman–Crippen MR) is 76.6 cm³/mol. The van der Waals surface area contributed by atoms with Crippen LogP contribution in [0, 0.1) is 0 Å². The highest BCUT2D eigenvalue weighted by Crippen LogP contribution is 2.21. The molecular weight excluding hydrogens is 242 g/mol. The van der Waals surface area contributed by atoms with Gasteiger partial charge in [0.05, 0.1) is 18.3 Å². The Labute approximate surface area is 115 Å². The number of hydrogen-bond donors (Lipinski definition) is 2. The smallest absolute Gasteiger partial charge is 0.119 e. The molecule has 0 aliphatic rings. The Bertz CT molecular complexity index is 362. The summed E-state index contributed by atoms with van der Waals surface area (Å²) in [5, 5.41) is 9.89. The fourth-order valence-corrected chi connectivity index (χ4v) is 1.81. The van der Waals surface area contributed by atoms with E-state index in [1.165, 1.54) is 0 Å². The second kappa shape index (κ2) is 7.36. The first-order chi connectivity index (χ1) is 8.96. The minimum atomic E-state index is -0.885. The van der Waals surface area contributed by atoms with E-state index in [2.05, 4.69) is 6.92 Å². The molecule has 4 heteroatoms. The van der Waals surface area contributed by atoms with Crippen molar-refractivity contribution >= 4 is 0 Å². The molecule has 0 aliphatic heterocycles. The zero-order valence-corrected chi connectivity index (χ0v) is 12.1. The third kappa shape index (κ3) is 5.94. The van der Waals surface area contributed by atoms with Crippen molar-refractivity contribution in [3.05, 3.63) is 24.3 Å². The number of rotatable bonds is 8. The first-order valence-corrected chi connectivity index (χ1v) is 6.79. The van der Waals surface area contributed by atoms with Crippen LogP contribution in [0.5, 0.6) is 11.5 Å². The molecule has 0 heterocycles. The van der Waals surface area contributed by atoms with Crippen LogP contribution in [-0.2, 0) is 0 Å². The highest BCUT2D eigenvalue weighted by atomic mass is 16.5. The molecular formula is C15H25NO3. The van der Waals surface area contributed by atoms with E-state index in [-0.39, 0.29) is 12.6 Å². The third-order valence-corrected chi connectivity index (χ3v) is 2.80. The average molecular weight is 267 g/mol. The van der Waals surface area contributed by atoms with E-state index in [1.807, 2.05) is 31.2 Å². The lowest BCUT2D eigenvalue weighted by molar-refractivity contribution is 0.0237. The molecule has 0 aromatic heterocycles. The lowest BCUT2D eigenvalue weighted by Gasteiger charge is -2.25. The Morgan fingerprint density at radius 2 is 1.84 bits per heavy atom. The van der Waals surface area contributed by atoms with Crippen molar-refractivity contribution in [1.82, 2.24) is 0 Å². The van der Waals surface area contributed by atoms with Crippen LogP contribution in [0.4, 0.5) is 0 Å². The standard InChI is InChI=1S/C15H25NO3/c1-4-9-18-13-5-7-14(8-6-13)19-12(2)10-15(3,17)11-16/h5-8,12,17H,4,9-11,16H2,1-3H3. The lowest BCUT2D eigenvalue weighted by Crippen LogP contribution is -2.38. The molecule has 0 saturated carbocycles. The van der Waals surface area contributed by atoms with E-state index in [9.17, 15) is 5.11 Å². The highest BCUT2D eigenvalue weighted by Gasteiger charge is 2.22. The molecule has 108 valence electrons. The SMILES string of the molecule is CCCOc1ccc(OC(C)CC(C)(O)CN)cc1. The van der Waals surface area contributed by atoms with E-state index < -0.39 is 5.60 Å². The van der Waals surface area contributed by atoms with Crippen molar-refractivity contribution in [3.8, 4) is 11.5 Å². The summed E-state index contributed by atoms with van der Waals surface area (Å²) in [6.45, 7) is 6.66. The van der Waals surface area contributed by atoms with Gasteiger partial charge in [0.1, 0.15) is 11.5 Å². The molecule has 0 saturated heterocycles. The van der Waals surface area contributed by atoms with E-state index >= 15 is 0 Å². The minimum absolute atomic E-state index is 0.0963. The van der Waals surface area contributed by atoms with Gasteiger partial charge in [-0.1, -0.05) is 6.92 Å². The number of hydrogen-bond acceptors (Lipinski definition) is 4. The van der Waals surface area contributed by atoms with Crippen LogP contribution in [0.15, 0.2) is 24.3 Å². The maximum absolute atomic E-state index is 9.89. The third-order valence-electron chi connectivity index (χ3n) is 2.80. The van der Waals surface area contributed by atoms with Gasteiger partial charge in [0.25, 0.3) is 0 Å². The molecule has 0 radical (unpaired) electrons. The summed E-state index contributed by atoms with van der Waals surface area (Å²) in [5.41, 5.74) is 4.61. The average Bonchev–Trinajstić information content (AvgIpc) is 2.37. The van der Waals surface area contributed by atoms with Crippen LogP contribution < -0.4 is 15.2 Å². The van der Waals surface area contributed by atoms with Crippen molar-refractivity contribution in [3.63, 3.8) is 0 Å². The van der Waals surface area contributed by atoms with Gasteiger partial charge in [-0.25, -0.2) is 0 Å². The molecule has 0 amide bonds. The summed E-state index contributed by atoms with van der Waals surface area (Å²) in [5.74, 6) is 1.61. The molecule has 3 N–H and O–H groups in total. The summed E-state index contributed by atoms with van der Waals surface area (Å²) in [4.78, 5) is 0. The molecule has 0 bridgehead atoms. The Morgan fingerprint density at radius 1 is 1.26 bits per heavy atom. The Balaban J connectivity index is 2.48. The van der Waals surface area contributed by atoms with Crippen LogP contribution in [0.1, 0.15) is 33.6 Å². The van der Waals surface area contributed by atoms with Gasteiger partial charge in [-0.3, -0.25) is 0 Å². The topological polar surface area (TPSA) is 64.7 Å². The summed E-state index contributed by atoms with van der Waals surface area (Å²) >= 11 is 0. The maximum Gasteiger partial charge on any atom is 0.119 e. The van der Waals surface area contributed by atoms with E-state index in [1.54, 1.807) is 6.92 Å². The molecule has 0 aliphatic carbocycles. The molecule has 2 atom stereocenters. The number of benzene rings is 1. The largest absolute Gasteiger partial charge is 0.494 e. The van der Waals surface area contributed by atoms with E-state index in [4.69, 9.17) is 15.2 Å². The van der Waals surface area contributed by atoms with Crippen molar-refractivity contribution in [2.24, 2.45) is 5.73 Å². The second-order valence-corrected chi connectivity index (χ2v) is 5.15. The van der Waals surface area contributed by atoms with Gasteiger partial charge in [-0.2, -0.15) is 0 Å². The van der Waals surface area contributed by atoms with Crippen LogP contribution in [0.25, 0.3) is 0 Å². The minimum Gasteiger partial charge on any atom is -0.494 e. The van der Waals surface area contributed by atoms with Crippen LogP contribution in [0.3, 0.4) is 0 Å². The van der Waals surface area contributed by atoms with Gasteiger partial charge in [-0.15, -0.1) is 0 Å². The Morgan fingerprint density at radius 3 is 2.37 bits per heavy atom. The lowest BCUT2D eigenvalue weighted by atomic mass is 9.99. The molecule has 1 aromatic rings. The van der Waals surface area contributed by atoms with Crippen LogP contribution in [-0.4, -0.2) is 30.0 Å². The van der Waals surface area contributed by atoms with Crippen molar-refractivity contribution in [1.29, 1.82) is 0 Å². The first-order valence-electron chi connectivity index (χ1n) is 6.79. The van der Waals surface area contributed by atoms with Gasteiger partial charge in [0, 0.05) is 13.0 Å².